The molecule has 0 aliphatic rings. The second kappa shape index (κ2) is 11.3. The Morgan fingerprint density at radius 2 is 1.84 bits per heavy atom. The Hall–Kier alpha value is -3.32. The number of methoxy groups -OCH3 is 1. The maximum Gasteiger partial charge on any atom is 0.341 e. The number of esters is 1. The van der Waals surface area contributed by atoms with Crippen molar-refractivity contribution < 1.29 is 23.8 Å². The molecule has 0 saturated carbocycles. The summed E-state index contributed by atoms with van der Waals surface area (Å²) >= 11 is 1.30. The van der Waals surface area contributed by atoms with E-state index < -0.39 is 5.97 Å². The first kappa shape index (κ1) is 23.3. The lowest BCUT2D eigenvalue weighted by Gasteiger charge is -2.12. The van der Waals surface area contributed by atoms with E-state index in [-0.39, 0.29) is 18.9 Å². The van der Waals surface area contributed by atoms with Crippen LogP contribution in [0.2, 0.25) is 0 Å². The van der Waals surface area contributed by atoms with Crippen molar-refractivity contribution in [3.05, 3.63) is 65.0 Å². The van der Waals surface area contributed by atoms with Crippen molar-refractivity contribution in [1.29, 1.82) is 0 Å². The fraction of sp³-hybridized carbons (Fsp3) is 0.280. The van der Waals surface area contributed by atoms with Gasteiger partial charge in [0.1, 0.15) is 22.1 Å². The van der Waals surface area contributed by atoms with E-state index >= 15 is 0 Å². The SMILES string of the molecule is CCOC(=O)c1c(-c2cc(C)ccc2OC)csc1NC(=O)CCCOc1ccccc1. The molecule has 7 heteroatoms. The van der Waals surface area contributed by atoms with Crippen LogP contribution in [0.15, 0.2) is 53.9 Å². The van der Waals surface area contributed by atoms with Crippen molar-refractivity contribution in [2.45, 2.75) is 26.7 Å². The molecule has 2 aromatic carbocycles. The zero-order chi connectivity index (χ0) is 22.9. The molecule has 1 aromatic heterocycles. The molecule has 1 N–H and O–H groups in total. The van der Waals surface area contributed by atoms with Gasteiger partial charge in [0.15, 0.2) is 0 Å². The number of carbonyl (C=O) groups is 2. The van der Waals surface area contributed by atoms with Crippen molar-refractivity contribution in [2.24, 2.45) is 0 Å². The second-order valence-electron chi connectivity index (χ2n) is 7.09. The van der Waals surface area contributed by atoms with Gasteiger partial charge in [-0.15, -0.1) is 11.3 Å². The Balaban J connectivity index is 1.74. The Kier molecular flexibility index (Phi) is 8.27. The van der Waals surface area contributed by atoms with E-state index in [2.05, 4.69) is 5.32 Å². The van der Waals surface area contributed by atoms with Gasteiger partial charge < -0.3 is 19.5 Å². The number of carbonyl (C=O) groups excluding carboxylic acids is 2. The molecule has 168 valence electrons. The smallest absolute Gasteiger partial charge is 0.341 e. The first-order valence-electron chi connectivity index (χ1n) is 10.4. The minimum Gasteiger partial charge on any atom is -0.496 e. The predicted molar refractivity (Wildman–Crippen MR) is 127 cm³/mol. The van der Waals surface area contributed by atoms with Crippen LogP contribution in [0.5, 0.6) is 11.5 Å². The summed E-state index contributed by atoms with van der Waals surface area (Å²) in [6, 6.07) is 15.2. The fourth-order valence-electron chi connectivity index (χ4n) is 3.21. The quantitative estimate of drug-likeness (QED) is 0.315. The van der Waals surface area contributed by atoms with E-state index in [1.165, 1.54) is 11.3 Å². The fourth-order valence-corrected chi connectivity index (χ4v) is 4.18. The minimum atomic E-state index is -0.477. The lowest BCUT2D eigenvalue weighted by molar-refractivity contribution is -0.116. The third kappa shape index (κ3) is 5.88. The molecule has 1 amide bonds. The largest absolute Gasteiger partial charge is 0.496 e. The summed E-state index contributed by atoms with van der Waals surface area (Å²) in [7, 11) is 1.59. The van der Waals surface area contributed by atoms with Gasteiger partial charge in [-0.25, -0.2) is 4.79 Å². The van der Waals surface area contributed by atoms with Crippen LogP contribution in [0.25, 0.3) is 11.1 Å². The minimum absolute atomic E-state index is 0.184. The van der Waals surface area contributed by atoms with Gasteiger partial charge in [0, 0.05) is 22.9 Å². The van der Waals surface area contributed by atoms with Crippen LogP contribution in [0, 0.1) is 6.92 Å². The van der Waals surface area contributed by atoms with Gasteiger partial charge in [-0.05, 0) is 44.5 Å². The number of para-hydroxylation sites is 1. The summed E-state index contributed by atoms with van der Waals surface area (Å²) in [5.41, 5.74) is 2.83. The summed E-state index contributed by atoms with van der Waals surface area (Å²) in [6.45, 7) is 4.39. The lowest BCUT2D eigenvalue weighted by Crippen LogP contribution is -2.15. The highest BCUT2D eigenvalue weighted by Gasteiger charge is 2.24. The molecule has 0 atom stereocenters. The molecule has 3 rings (SSSR count). The monoisotopic (exact) mass is 453 g/mol. The standard InChI is InChI=1S/C25H27NO5S/c1-4-30-25(28)23-20(19-15-17(2)12-13-21(19)29-3)16-32-24(23)26-22(27)11-8-14-31-18-9-6-5-7-10-18/h5-7,9-10,12-13,15-16H,4,8,11,14H2,1-3H3,(H,26,27). The number of rotatable bonds is 10. The summed E-state index contributed by atoms with van der Waals surface area (Å²) in [5, 5.41) is 5.19. The molecule has 0 radical (unpaired) electrons. The van der Waals surface area contributed by atoms with Crippen LogP contribution < -0.4 is 14.8 Å². The first-order chi connectivity index (χ1) is 15.5. The molecule has 3 aromatic rings. The van der Waals surface area contributed by atoms with Crippen molar-refractivity contribution >= 4 is 28.2 Å². The highest BCUT2D eigenvalue weighted by atomic mass is 32.1. The number of anilines is 1. The highest BCUT2D eigenvalue weighted by Crippen LogP contribution is 2.40. The van der Waals surface area contributed by atoms with Crippen LogP contribution >= 0.6 is 11.3 Å². The summed E-state index contributed by atoms with van der Waals surface area (Å²) in [4.78, 5) is 25.3. The van der Waals surface area contributed by atoms with Gasteiger partial charge in [-0.3, -0.25) is 4.79 Å². The van der Waals surface area contributed by atoms with Crippen LogP contribution in [-0.2, 0) is 9.53 Å². The van der Waals surface area contributed by atoms with Crippen LogP contribution in [0.4, 0.5) is 5.00 Å². The van der Waals surface area contributed by atoms with Gasteiger partial charge >= 0.3 is 5.97 Å². The number of ether oxygens (including phenoxy) is 3. The zero-order valence-corrected chi connectivity index (χ0v) is 19.3. The number of hydrogen-bond acceptors (Lipinski definition) is 6. The van der Waals surface area contributed by atoms with Crippen molar-refractivity contribution in [3.63, 3.8) is 0 Å². The molecule has 0 aliphatic carbocycles. The Bertz CT molecular complexity index is 1060. The molecule has 0 spiro atoms. The topological polar surface area (TPSA) is 73.9 Å². The third-order valence-electron chi connectivity index (χ3n) is 4.73. The van der Waals surface area contributed by atoms with Gasteiger partial charge in [0.05, 0.1) is 20.3 Å². The molecule has 0 fully saturated rings. The van der Waals surface area contributed by atoms with Crippen LogP contribution in [-0.4, -0.2) is 32.2 Å². The van der Waals surface area contributed by atoms with Gasteiger partial charge in [-0.2, -0.15) is 0 Å². The molecule has 0 unspecified atom stereocenters. The van der Waals surface area contributed by atoms with Crippen LogP contribution in [0.3, 0.4) is 0 Å². The number of amides is 1. The molecule has 32 heavy (non-hydrogen) atoms. The molecule has 0 bridgehead atoms. The Morgan fingerprint density at radius 3 is 2.56 bits per heavy atom. The van der Waals surface area contributed by atoms with Gasteiger partial charge in [-0.1, -0.05) is 29.8 Å². The second-order valence-corrected chi connectivity index (χ2v) is 7.97. The van der Waals surface area contributed by atoms with E-state index in [0.29, 0.717) is 34.9 Å². The number of benzene rings is 2. The molecule has 0 aliphatic heterocycles. The summed E-state index contributed by atoms with van der Waals surface area (Å²) in [6.07, 6.45) is 0.829. The van der Waals surface area contributed by atoms with Crippen molar-refractivity contribution in [2.75, 3.05) is 25.6 Å². The average Bonchev–Trinajstić information content (AvgIpc) is 3.21. The van der Waals surface area contributed by atoms with E-state index in [1.807, 2.05) is 60.8 Å². The van der Waals surface area contributed by atoms with Crippen LogP contribution in [0.1, 0.15) is 35.7 Å². The average molecular weight is 454 g/mol. The lowest BCUT2D eigenvalue weighted by atomic mass is 10.0. The molecular weight excluding hydrogens is 426 g/mol. The zero-order valence-electron chi connectivity index (χ0n) is 18.5. The number of aryl methyl sites for hydroxylation is 1. The Morgan fingerprint density at radius 1 is 1.06 bits per heavy atom. The molecule has 0 saturated heterocycles. The molecule has 1 heterocycles. The number of nitrogens with one attached hydrogen (secondary N) is 1. The summed E-state index contributed by atoms with van der Waals surface area (Å²) in [5.74, 6) is 0.759. The Labute approximate surface area is 192 Å². The molecule has 6 nitrogen and oxygen atoms in total. The third-order valence-corrected chi connectivity index (χ3v) is 5.62. The maximum atomic E-state index is 12.8. The maximum absolute atomic E-state index is 12.8. The normalized spacial score (nSPS) is 10.5. The number of thiophene rings is 1. The van der Waals surface area contributed by atoms with Gasteiger partial charge in [0.2, 0.25) is 5.91 Å². The van der Waals surface area contributed by atoms with E-state index in [4.69, 9.17) is 14.2 Å². The first-order valence-corrected chi connectivity index (χ1v) is 11.3. The van der Waals surface area contributed by atoms with Gasteiger partial charge in [0.25, 0.3) is 0 Å². The molecular formula is C25H27NO5S. The van der Waals surface area contributed by atoms with E-state index in [9.17, 15) is 9.59 Å². The van der Waals surface area contributed by atoms with E-state index in [0.717, 1.165) is 16.9 Å². The number of hydrogen-bond donors (Lipinski definition) is 1. The van der Waals surface area contributed by atoms with E-state index in [1.54, 1.807) is 14.0 Å². The highest BCUT2D eigenvalue weighted by molar-refractivity contribution is 7.15. The van der Waals surface area contributed by atoms with Crippen molar-refractivity contribution in [1.82, 2.24) is 0 Å². The predicted octanol–water partition coefficient (Wildman–Crippen LogP) is 5.71. The van der Waals surface area contributed by atoms with Crippen molar-refractivity contribution in [3.8, 4) is 22.6 Å². The summed E-state index contributed by atoms with van der Waals surface area (Å²) < 4.78 is 16.4.